The van der Waals surface area contributed by atoms with Gasteiger partial charge >= 0.3 is 0 Å². The summed E-state index contributed by atoms with van der Waals surface area (Å²) in [5.41, 5.74) is 8.86. The molecule has 3 aromatic rings. The molecule has 0 bridgehead atoms. The van der Waals surface area contributed by atoms with Crippen LogP contribution in [0.25, 0.3) is 21.9 Å². The summed E-state index contributed by atoms with van der Waals surface area (Å²) in [6, 6.07) is 5.99. The molecule has 1 aromatic carbocycles. The van der Waals surface area contributed by atoms with E-state index in [4.69, 9.17) is 10.5 Å². The van der Waals surface area contributed by atoms with Gasteiger partial charge < -0.3 is 15.0 Å². The molecule has 0 fully saturated rings. The van der Waals surface area contributed by atoms with Crippen LogP contribution in [0, 0.1) is 12.8 Å². The molecular formula is C18H25N5OS. The van der Waals surface area contributed by atoms with Gasteiger partial charge in [0.15, 0.2) is 5.82 Å². The fourth-order valence-corrected chi connectivity index (χ4v) is 3.28. The number of anilines is 1. The number of hydrogen-bond acceptors (Lipinski definition) is 6. The van der Waals surface area contributed by atoms with E-state index in [0.29, 0.717) is 18.3 Å². The van der Waals surface area contributed by atoms with Crippen molar-refractivity contribution in [3.8, 4) is 5.75 Å². The van der Waals surface area contributed by atoms with Crippen LogP contribution in [-0.2, 0) is 6.54 Å². The van der Waals surface area contributed by atoms with Crippen molar-refractivity contribution in [1.82, 2.24) is 19.3 Å². The fourth-order valence-electron chi connectivity index (χ4n) is 2.99. The number of nitrogens with one attached hydrogen (secondary N) is 1. The van der Waals surface area contributed by atoms with Crippen LogP contribution in [0.5, 0.6) is 5.75 Å². The lowest BCUT2D eigenvalue weighted by molar-refractivity contribution is 0.325. The van der Waals surface area contributed by atoms with Crippen LogP contribution in [0.4, 0.5) is 5.82 Å². The molecule has 0 aliphatic carbocycles. The van der Waals surface area contributed by atoms with Crippen molar-refractivity contribution >= 4 is 39.7 Å². The molecule has 2 heterocycles. The Morgan fingerprint density at radius 2 is 2.12 bits per heavy atom. The van der Waals surface area contributed by atoms with E-state index in [0.717, 1.165) is 46.6 Å². The molecule has 25 heavy (non-hydrogen) atoms. The third kappa shape index (κ3) is 3.67. The highest BCUT2D eigenvalue weighted by Gasteiger charge is 2.16. The van der Waals surface area contributed by atoms with Crippen LogP contribution in [0.1, 0.15) is 19.7 Å². The van der Waals surface area contributed by atoms with Crippen molar-refractivity contribution in [1.29, 1.82) is 0 Å². The number of rotatable bonds is 7. The van der Waals surface area contributed by atoms with Crippen molar-refractivity contribution in [3.05, 3.63) is 24.0 Å². The van der Waals surface area contributed by atoms with Gasteiger partial charge in [-0.25, -0.2) is 9.97 Å². The quantitative estimate of drug-likeness (QED) is 0.497. The number of pyridine rings is 1. The van der Waals surface area contributed by atoms with E-state index in [2.05, 4.69) is 39.2 Å². The van der Waals surface area contributed by atoms with Gasteiger partial charge in [0.05, 0.1) is 11.0 Å². The van der Waals surface area contributed by atoms with Gasteiger partial charge in [-0.3, -0.25) is 4.72 Å². The first-order valence-electron chi connectivity index (χ1n) is 8.46. The van der Waals surface area contributed by atoms with Crippen LogP contribution >= 0.6 is 11.9 Å². The van der Waals surface area contributed by atoms with E-state index < -0.39 is 0 Å². The van der Waals surface area contributed by atoms with Crippen molar-refractivity contribution < 1.29 is 4.74 Å². The molecule has 0 radical (unpaired) electrons. The van der Waals surface area contributed by atoms with E-state index in [-0.39, 0.29) is 0 Å². The number of benzene rings is 1. The third-order valence-corrected chi connectivity index (χ3v) is 4.52. The Hall–Kier alpha value is -1.99. The zero-order chi connectivity index (χ0) is 18.0. The molecule has 134 valence electrons. The molecule has 3 N–H and O–H groups in total. The monoisotopic (exact) mass is 359 g/mol. The van der Waals surface area contributed by atoms with E-state index in [1.165, 1.54) is 0 Å². The van der Waals surface area contributed by atoms with Crippen LogP contribution in [0.15, 0.2) is 18.2 Å². The summed E-state index contributed by atoms with van der Waals surface area (Å²) in [4.78, 5) is 9.19. The highest BCUT2D eigenvalue weighted by molar-refractivity contribution is 7.96. The average molecular weight is 359 g/mol. The Labute approximate surface area is 152 Å². The molecule has 0 saturated carbocycles. The fraction of sp³-hybridized carbons (Fsp3) is 0.444. The topological polar surface area (TPSA) is 78.0 Å². The summed E-state index contributed by atoms with van der Waals surface area (Å²) in [6.45, 7) is 8.71. The minimum Gasteiger partial charge on any atom is -0.492 e. The Balaban J connectivity index is 2.05. The Morgan fingerprint density at radius 1 is 1.32 bits per heavy atom. The zero-order valence-corrected chi connectivity index (χ0v) is 16.0. The largest absolute Gasteiger partial charge is 0.492 e. The maximum atomic E-state index is 6.18. The smallest absolute Gasteiger partial charge is 0.152 e. The first-order chi connectivity index (χ1) is 12.0. The van der Waals surface area contributed by atoms with E-state index in [9.17, 15) is 0 Å². The molecule has 0 spiro atoms. The van der Waals surface area contributed by atoms with Crippen LogP contribution in [0.2, 0.25) is 0 Å². The van der Waals surface area contributed by atoms with Crippen molar-refractivity contribution in [3.63, 3.8) is 0 Å². The van der Waals surface area contributed by atoms with E-state index in [1.54, 1.807) is 11.9 Å². The number of imidazole rings is 1. The second-order valence-electron chi connectivity index (χ2n) is 6.48. The van der Waals surface area contributed by atoms with E-state index in [1.807, 2.05) is 25.3 Å². The van der Waals surface area contributed by atoms with Crippen LogP contribution in [-0.4, -0.2) is 33.9 Å². The summed E-state index contributed by atoms with van der Waals surface area (Å²) < 4.78 is 11.2. The average Bonchev–Trinajstić information content (AvgIpc) is 2.89. The van der Waals surface area contributed by atoms with E-state index >= 15 is 0 Å². The van der Waals surface area contributed by atoms with Gasteiger partial charge in [0.25, 0.3) is 0 Å². The molecule has 7 heteroatoms. The molecule has 0 saturated heterocycles. The highest BCUT2D eigenvalue weighted by Crippen LogP contribution is 2.31. The molecule has 6 nitrogen and oxygen atoms in total. The summed E-state index contributed by atoms with van der Waals surface area (Å²) in [7, 11) is 0. The molecule has 0 atom stereocenters. The first kappa shape index (κ1) is 17.8. The predicted molar refractivity (Wildman–Crippen MR) is 106 cm³/mol. The van der Waals surface area contributed by atoms with Gasteiger partial charge in [-0.1, -0.05) is 25.8 Å². The van der Waals surface area contributed by atoms with Gasteiger partial charge in [-0.2, -0.15) is 0 Å². The summed E-state index contributed by atoms with van der Waals surface area (Å²) in [5.74, 6) is 2.75. The standard InChI is InChI=1S/C18H25N5OS/c1-11(2)10-23-12(3)21-16-17(23)14-6-5-13(24-8-7-20-25-4)9-15(14)22-18(16)19/h5-6,9,11,20H,7-8,10H2,1-4H3,(H2,19,22). The van der Waals surface area contributed by atoms with Gasteiger partial charge in [0.1, 0.15) is 23.7 Å². The summed E-state index contributed by atoms with van der Waals surface area (Å²) in [6.07, 6.45) is 2.00. The summed E-state index contributed by atoms with van der Waals surface area (Å²) >= 11 is 1.58. The second-order valence-corrected chi connectivity index (χ2v) is 7.18. The van der Waals surface area contributed by atoms with Gasteiger partial charge in [0.2, 0.25) is 0 Å². The van der Waals surface area contributed by atoms with Crippen molar-refractivity contribution in [2.75, 3.05) is 25.1 Å². The third-order valence-electron chi connectivity index (χ3n) is 4.03. The lowest BCUT2D eigenvalue weighted by Gasteiger charge is -2.12. The zero-order valence-electron chi connectivity index (χ0n) is 15.2. The molecule has 2 aromatic heterocycles. The second kappa shape index (κ2) is 7.49. The maximum Gasteiger partial charge on any atom is 0.152 e. The molecule has 0 aliphatic heterocycles. The van der Waals surface area contributed by atoms with Crippen molar-refractivity contribution in [2.45, 2.75) is 27.3 Å². The normalized spacial score (nSPS) is 11.7. The SMILES string of the molecule is CSNCCOc1ccc2c(c1)nc(N)c1nc(C)n(CC(C)C)c12. The number of nitrogen functional groups attached to an aromatic ring is 1. The maximum absolute atomic E-state index is 6.18. The predicted octanol–water partition coefficient (Wildman–Crippen LogP) is 3.38. The van der Waals surface area contributed by atoms with Gasteiger partial charge in [0, 0.05) is 24.5 Å². The number of nitrogens with zero attached hydrogens (tertiary/aromatic N) is 3. The molecular weight excluding hydrogens is 334 g/mol. The number of ether oxygens (including phenoxy) is 1. The molecule has 0 aliphatic rings. The molecule has 0 unspecified atom stereocenters. The Kier molecular flexibility index (Phi) is 5.34. The number of aryl methyl sites for hydroxylation is 1. The molecule has 3 rings (SSSR count). The first-order valence-corrected chi connectivity index (χ1v) is 9.68. The number of aromatic nitrogens is 3. The van der Waals surface area contributed by atoms with Crippen LogP contribution < -0.4 is 15.2 Å². The molecule has 0 amide bonds. The van der Waals surface area contributed by atoms with Gasteiger partial charge in [-0.05, 0) is 31.2 Å². The number of nitrogens with two attached hydrogens (primary N) is 1. The lowest BCUT2D eigenvalue weighted by atomic mass is 10.1. The summed E-state index contributed by atoms with van der Waals surface area (Å²) in [5, 5.41) is 1.06. The Bertz CT molecular complexity index is 890. The highest BCUT2D eigenvalue weighted by atomic mass is 32.2. The number of hydrogen-bond donors (Lipinski definition) is 2. The Morgan fingerprint density at radius 3 is 2.84 bits per heavy atom. The van der Waals surface area contributed by atoms with Crippen LogP contribution in [0.3, 0.4) is 0 Å². The minimum absolute atomic E-state index is 0.467. The van der Waals surface area contributed by atoms with Crippen molar-refractivity contribution in [2.24, 2.45) is 5.92 Å². The minimum atomic E-state index is 0.467. The van der Waals surface area contributed by atoms with Gasteiger partial charge in [-0.15, -0.1) is 0 Å². The lowest BCUT2D eigenvalue weighted by Crippen LogP contribution is -2.13. The number of fused-ring (bicyclic) bond motifs is 3.